The van der Waals surface area contributed by atoms with Crippen LogP contribution in [0.5, 0.6) is 0 Å². The number of hydrogen-bond acceptors (Lipinski definition) is 1. The zero-order valence-corrected chi connectivity index (χ0v) is 6.34. The summed E-state index contributed by atoms with van der Waals surface area (Å²) in [7, 11) is 0. The van der Waals surface area contributed by atoms with Crippen molar-refractivity contribution in [1.82, 2.24) is 4.90 Å². The Bertz CT molecular complexity index is 151. The van der Waals surface area contributed by atoms with Gasteiger partial charge in [0.25, 0.3) is 0 Å². The molecule has 1 rings (SSSR count). The van der Waals surface area contributed by atoms with Crippen molar-refractivity contribution >= 4 is 6.41 Å². The average molecular weight is 139 g/mol. The summed E-state index contributed by atoms with van der Waals surface area (Å²) >= 11 is 0. The van der Waals surface area contributed by atoms with Gasteiger partial charge in [-0.2, -0.15) is 0 Å². The van der Waals surface area contributed by atoms with Gasteiger partial charge in [0.15, 0.2) is 0 Å². The molecule has 0 aliphatic carbocycles. The van der Waals surface area contributed by atoms with Crippen LogP contribution in [0.25, 0.3) is 0 Å². The smallest absolute Gasteiger partial charge is 0.213 e. The number of carbonyl (C=O) groups is 1. The van der Waals surface area contributed by atoms with Crippen LogP contribution in [0.1, 0.15) is 26.2 Å². The summed E-state index contributed by atoms with van der Waals surface area (Å²) in [5.41, 5.74) is 1.10. The van der Waals surface area contributed by atoms with Crippen molar-refractivity contribution in [3.05, 3.63) is 11.8 Å². The van der Waals surface area contributed by atoms with E-state index in [0.717, 1.165) is 31.5 Å². The van der Waals surface area contributed by atoms with Crippen LogP contribution in [0.3, 0.4) is 0 Å². The Morgan fingerprint density at radius 1 is 1.60 bits per heavy atom. The maximum absolute atomic E-state index is 10.4. The van der Waals surface area contributed by atoms with E-state index in [1.807, 2.05) is 6.92 Å². The van der Waals surface area contributed by atoms with Gasteiger partial charge >= 0.3 is 0 Å². The van der Waals surface area contributed by atoms with Crippen LogP contribution in [-0.2, 0) is 4.79 Å². The zero-order chi connectivity index (χ0) is 7.40. The van der Waals surface area contributed by atoms with Crippen molar-refractivity contribution in [2.75, 3.05) is 6.54 Å². The molecular formula is C8H13NO. The first-order valence-electron chi connectivity index (χ1n) is 3.73. The number of allylic oxidation sites excluding steroid dienone is 2. The lowest BCUT2D eigenvalue weighted by atomic mass is 10.2. The lowest BCUT2D eigenvalue weighted by molar-refractivity contribution is -0.116. The highest BCUT2D eigenvalue weighted by Gasteiger charge is 2.05. The van der Waals surface area contributed by atoms with Crippen LogP contribution in [-0.4, -0.2) is 17.9 Å². The highest BCUT2D eigenvalue weighted by molar-refractivity contribution is 5.50. The predicted molar refractivity (Wildman–Crippen MR) is 40.4 cm³/mol. The molecule has 56 valence electrons. The molecule has 1 heterocycles. The van der Waals surface area contributed by atoms with Gasteiger partial charge < -0.3 is 4.90 Å². The van der Waals surface area contributed by atoms with E-state index >= 15 is 0 Å². The van der Waals surface area contributed by atoms with Gasteiger partial charge in [0.2, 0.25) is 6.41 Å². The lowest BCUT2D eigenvalue weighted by Crippen LogP contribution is -2.19. The Morgan fingerprint density at radius 2 is 2.40 bits per heavy atom. The maximum Gasteiger partial charge on any atom is 0.213 e. The summed E-state index contributed by atoms with van der Waals surface area (Å²) in [5.74, 6) is 0. The summed E-state index contributed by atoms with van der Waals surface area (Å²) in [5, 5.41) is 0. The minimum atomic E-state index is 0.895. The molecule has 0 N–H and O–H groups in total. The number of hydrogen-bond donors (Lipinski definition) is 0. The topological polar surface area (TPSA) is 20.3 Å². The molecule has 0 spiro atoms. The van der Waals surface area contributed by atoms with Crippen molar-refractivity contribution in [1.29, 1.82) is 0 Å². The molecular weight excluding hydrogens is 126 g/mol. The second-order valence-corrected chi connectivity index (χ2v) is 2.64. The summed E-state index contributed by atoms with van der Waals surface area (Å²) in [6.45, 7) is 2.88. The van der Waals surface area contributed by atoms with Gasteiger partial charge in [-0.3, -0.25) is 4.79 Å². The summed E-state index contributed by atoms with van der Waals surface area (Å²) < 4.78 is 0. The molecule has 1 aliphatic rings. The van der Waals surface area contributed by atoms with Crippen LogP contribution >= 0.6 is 0 Å². The van der Waals surface area contributed by atoms with Crippen LogP contribution in [0, 0.1) is 0 Å². The van der Waals surface area contributed by atoms with Crippen molar-refractivity contribution in [3.8, 4) is 0 Å². The van der Waals surface area contributed by atoms with E-state index in [4.69, 9.17) is 0 Å². The van der Waals surface area contributed by atoms with Gasteiger partial charge in [-0.15, -0.1) is 0 Å². The number of carbonyl (C=O) groups excluding carboxylic acids is 1. The average Bonchev–Trinajstić information content (AvgIpc) is 2.13. The number of nitrogens with zero attached hydrogens (tertiary/aromatic N) is 1. The standard InChI is InChI=1S/C8H13NO/c1-8-5-3-2-4-6-9(8)7-10/h5,7H,2-4,6H2,1H3. The Balaban J connectivity index is 2.60. The molecule has 0 aromatic carbocycles. The minimum Gasteiger partial charge on any atom is -0.319 e. The van der Waals surface area contributed by atoms with Crippen LogP contribution in [0.15, 0.2) is 11.8 Å². The Morgan fingerprint density at radius 3 is 3.10 bits per heavy atom. The molecule has 0 aromatic rings. The molecule has 0 saturated carbocycles. The molecule has 2 heteroatoms. The molecule has 0 bridgehead atoms. The van der Waals surface area contributed by atoms with Crippen molar-refractivity contribution in [2.24, 2.45) is 0 Å². The first-order valence-corrected chi connectivity index (χ1v) is 3.73. The Kier molecular flexibility index (Phi) is 2.49. The first kappa shape index (κ1) is 7.32. The van der Waals surface area contributed by atoms with Crippen molar-refractivity contribution < 1.29 is 4.79 Å². The van der Waals surface area contributed by atoms with E-state index in [0.29, 0.717) is 0 Å². The fourth-order valence-corrected chi connectivity index (χ4v) is 1.17. The normalized spacial score (nSPS) is 19.7. The van der Waals surface area contributed by atoms with Gasteiger partial charge in [0.05, 0.1) is 0 Å². The molecule has 2 nitrogen and oxygen atoms in total. The Labute approximate surface area is 61.5 Å². The molecule has 1 aliphatic heterocycles. The quantitative estimate of drug-likeness (QED) is 0.504. The Hall–Kier alpha value is -0.790. The maximum atomic E-state index is 10.4. The van der Waals surface area contributed by atoms with Gasteiger partial charge in [-0.1, -0.05) is 6.08 Å². The molecule has 0 fully saturated rings. The third kappa shape index (κ3) is 1.59. The highest BCUT2D eigenvalue weighted by Crippen LogP contribution is 2.11. The molecule has 10 heavy (non-hydrogen) atoms. The second kappa shape index (κ2) is 3.40. The number of rotatable bonds is 1. The van der Waals surface area contributed by atoms with Gasteiger partial charge in [0, 0.05) is 12.2 Å². The predicted octanol–water partition coefficient (Wildman–Crippen LogP) is 1.53. The number of amides is 1. The minimum absolute atomic E-state index is 0.895. The highest BCUT2D eigenvalue weighted by atomic mass is 16.1. The molecule has 0 radical (unpaired) electrons. The SMILES string of the molecule is CC1=CCCCCN1C=O. The van der Waals surface area contributed by atoms with Crippen LogP contribution < -0.4 is 0 Å². The van der Waals surface area contributed by atoms with E-state index in [2.05, 4.69) is 6.08 Å². The molecule has 0 aromatic heterocycles. The van der Waals surface area contributed by atoms with E-state index in [1.165, 1.54) is 6.42 Å². The zero-order valence-electron chi connectivity index (χ0n) is 6.34. The van der Waals surface area contributed by atoms with Crippen molar-refractivity contribution in [2.45, 2.75) is 26.2 Å². The third-order valence-corrected chi connectivity index (χ3v) is 1.87. The van der Waals surface area contributed by atoms with Crippen molar-refractivity contribution in [3.63, 3.8) is 0 Å². The molecule has 0 atom stereocenters. The summed E-state index contributed by atoms with van der Waals surface area (Å²) in [4.78, 5) is 12.2. The largest absolute Gasteiger partial charge is 0.319 e. The fraction of sp³-hybridized carbons (Fsp3) is 0.625. The van der Waals surface area contributed by atoms with Gasteiger partial charge in [-0.25, -0.2) is 0 Å². The monoisotopic (exact) mass is 139 g/mol. The second-order valence-electron chi connectivity index (χ2n) is 2.64. The van der Waals surface area contributed by atoms with Crippen LogP contribution in [0.2, 0.25) is 0 Å². The lowest BCUT2D eigenvalue weighted by Gasteiger charge is -2.14. The summed E-state index contributed by atoms with van der Waals surface area (Å²) in [6.07, 6.45) is 6.50. The summed E-state index contributed by atoms with van der Waals surface area (Å²) in [6, 6.07) is 0. The van der Waals surface area contributed by atoms with E-state index in [9.17, 15) is 4.79 Å². The fourth-order valence-electron chi connectivity index (χ4n) is 1.17. The first-order chi connectivity index (χ1) is 4.84. The third-order valence-electron chi connectivity index (χ3n) is 1.87. The van der Waals surface area contributed by atoms with Gasteiger partial charge in [-0.05, 0) is 26.2 Å². The van der Waals surface area contributed by atoms with Gasteiger partial charge in [0.1, 0.15) is 0 Å². The molecule has 0 saturated heterocycles. The van der Waals surface area contributed by atoms with Crippen LogP contribution in [0.4, 0.5) is 0 Å². The molecule has 1 amide bonds. The van der Waals surface area contributed by atoms with E-state index < -0.39 is 0 Å². The van der Waals surface area contributed by atoms with E-state index in [1.54, 1.807) is 4.90 Å². The van der Waals surface area contributed by atoms with E-state index in [-0.39, 0.29) is 0 Å². The molecule has 0 unspecified atom stereocenters.